The van der Waals surface area contributed by atoms with Gasteiger partial charge in [-0.1, -0.05) is 6.07 Å². The summed E-state index contributed by atoms with van der Waals surface area (Å²) in [5.41, 5.74) is 8.37. The van der Waals surface area contributed by atoms with E-state index in [0.29, 0.717) is 45.2 Å². The van der Waals surface area contributed by atoms with Crippen LogP contribution in [0.1, 0.15) is 34.1 Å². The van der Waals surface area contributed by atoms with E-state index in [1.165, 1.54) is 48.9 Å². The molecule has 2 unspecified atom stereocenters. The third-order valence-electron chi connectivity index (χ3n) is 7.79. The van der Waals surface area contributed by atoms with Gasteiger partial charge in [0, 0.05) is 53.0 Å². The number of pyridine rings is 1. The fraction of sp³-hybridized carbons (Fsp3) is 0.125. The van der Waals surface area contributed by atoms with Gasteiger partial charge in [0.1, 0.15) is 41.1 Å². The summed E-state index contributed by atoms with van der Waals surface area (Å²) in [4.78, 5) is 24.6. The lowest BCUT2D eigenvalue weighted by molar-refractivity contribution is 0.0697. The number of carbonyl (C=O) groups is 1. The molecule has 12 heteroatoms. The first-order valence-corrected chi connectivity index (χ1v) is 13.6. The van der Waals surface area contributed by atoms with Crippen LogP contribution in [0.25, 0.3) is 32.9 Å². The Bertz CT molecular complexity index is 2110. The average Bonchev–Trinajstić information content (AvgIpc) is 3.62. The molecule has 44 heavy (non-hydrogen) atoms. The molecule has 220 valence electrons. The van der Waals surface area contributed by atoms with Crippen molar-refractivity contribution in [3.05, 3.63) is 113 Å². The van der Waals surface area contributed by atoms with E-state index in [-0.39, 0.29) is 41.0 Å². The third-order valence-corrected chi connectivity index (χ3v) is 7.79. The maximum absolute atomic E-state index is 15.6. The lowest BCUT2D eigenvalue weighted by atomic mass is 10.0. The molecule has 3 aromatic carbocycles. The SMILES string of the molecule is Nc1ncnc2c1c(-c1cc(F)c3cc(Cc4cc(F)cc(F)c4)ncc3c1)cn2C1CC1Nc1c(F)cccc1C(=O)O. The maximum atomic E-state index is 15.6. The highest BCUT2D eigenvalue weighted by atomic mass is 19.1. The summed E-state index contributed by atoms with van der Waals surface area (Å²) in [6.45, 7) is 0. The van der Waals surface area contributed by atoms with Gasteiger partial charge in [0.05, 0.1) is 22.7 Å². The molecule has 3 heterocycles. The lowest BCUT2D eigenvalue weighted by Gasteiger charge is -2.11. The van der Waals surface area contributed by atoms with Crippen molar-refractivity contribution < 1.29 is 27.5 Å². The van der Waals surface area contributed by atoms with Crippen LogP contribution in [0, 0.1) is 23.3 Å². The van der Waals surface area contributed by atoms with Gasteiger partial charge in [-0.15, -0.1) is 0 Å². The highest BCUT2D eigenvalue weighted by Gasteiger charge is 2.41. The Hall–Kier alpha value is -5.52. The Labute approximate surface area is 246 Å². The number of fused-ring (bicyclic) bond motifs is 2. The van der Waals surface area contributed by atoms with Crippen molar-refractivity contribution in [1.82, 2.24) is 19.5 Å². The fourth-order valence-electron chi connectivity index (χ4n) is 5.69. The Morgan fingerprint density at radius 1 is 1.00 bits per heavy atom. The molecule has 1 fully saturated rings. The van der Waals surface area contributed by atoms with Crippen LogP contribution in [-0.2, 0) is 6.42 Å². The molecule has 3 aromatic heterocycles. The highest BCUT2D eigenvalue weighted by Crippen LogP contribution is 2.45. The molecule has 1 saturated carbocycles. The van der Waals surface area contributed by atoms with E-state index in [9.17, 15) is 23.1 Å². The van der Waals surface area contributed by atoms with Crippen molar-refractivity contribution in [3.63, 3.8) is 0 Å². The zero-order valence-electron chi connectivity index (χ0n) is 22.7. The standard InChI is InChI=1S/C32H22F4N6O2/c33-18-4-15(5-19(34)9-18)6-20-10-22-17(12-38-20)7-16(8-25(22)36)23-13-42(31-28(23)30(37)39-14-40-31)27-11-26(27)41-29-21(32(43)44)2-1-3-24(29)35/h1-5,7-10,12-14,26-27,41H,6,11H2,(H,43,44)(H2,37,39,40). The number of hydrogen-bond acceptors (Lipinski definition) is 6. The minimum absolute atomic E-state index is 0.0932. The molecular weight excluding hydrogens is 576 g/mol. The first-order chi connectivity index (χ1) is 21.2. The molecule has 0 saturated heterocycles. The van der Waals surface area contributed by atoms with Crippen LogP contribution in [0.15, 0.2) is 73.3 Å². The van der Waals surface area contributed by atoms with Crippen LogP contribution in [0.2, 0.25) is 0 Å². The number of carboxylic acids is 1. The molecule has 7 rings (SSSR count). The number of nitrogens with one attached hydrogen (secondary N) is 1. The van der Waals surface area contributed by atoms with Crippen molar-refractivity contribution in [1.29, 1.82) is 0 Å². The summed E-state index contributed by atoms with van der Waals surface area (Å²) in [7, 11) is 0. The Morgan fingerprint density at radius 2 is 1.80 bits per heavy atom. The molecule has 0 radical (unpaired) electrons. The van der Waals surface area contributed by atoms with Gasteiger partial charge in [-0.05, 0) is 60.0 Å². The minimum Gasteiger partial charge on any atom is -0.478 e. The molecule has 0 aliphatic heterocycles. The van der Waals surface area contributed by atoms with Gasteiger partial charge in [0.25, 0.3) is 0 Å². The normalized spacial score (nSPS) is 16.0. The molecule has 8 nitrogen and oxygen atoms in total. The third kappa shape index (κ3) is 4.83. The van der Waals surface area contributed by atoms with Crippen LogP contribution in [0.3, 0.4) is 0 Å². The predicted octanol–water partition coefficient (Wildman–Crippen LogP) is 6.50. The van der Waals surface area contributed by atoms with E-state index in [1.54, 1.807) is 18.3 Å². The number of nitrogens with two attached hydrogens (primary N) is 1. The number of aromatic carboxylic acids is 1. The molecular formula is C32H22F4N6O2. The van der Waals surface area contributed by atoms with E-state index >= 15 is 4.39 Å². The molecule has 6 aromatic rings. The number of benzene rings is 3. The number of carboxylic acid groups (broad SMARTS) is 1. The zero-order chi connectivity index (χ0) is 30.7. The fourth-order valence-corrected chi connectivity index (χ4v) is 5.69. The molecule has 0 amide bonds. The van der Waals surface area contributed by atoms with E-state index < -0.39 is 29.2 Å². The summed E-state index contributed by atoms with van der Waals surface area (Å²) in [5.74, 6) is -3.68. The molecule has 4 N–H and O–H groups in total. The monoisotopic (exact) mass is 598 g/mol. The van der Waals surface area contributed by atoms with Crippen LogP contribution < -0.4 is 11.1 Å². The van der Waals surface area contributed by atoms with Gasteiger partial charge >= 0.3 is 5.97 Å². The van der Waals surface area contributed by atoms with E-state index in [2.05, 4.69) is 20.3 Å². The number of rotatable bonds is 7. The maximum Gasteiger partial charge on any atom is 0.337 e. The average molecular weight is 599 g/mol. The summed E-state index contributed by atoms with van der Waals surface area (Å²) in [6, 6.07) is 11.2. The van der Waals surface area contributed by atoms with Gasteiger partial charge in [0.2, 0.25) is 0 Å². The van der Waals surface area contributed by atoms with Gasteiger partial charge < -0.3 is 20.7 Å². The second kappa shape index (κ2) is 10.3. The number of hydrogen-bond donors (Lipinski definition) is 3. The number of nitrogen functional groups attached to an aromatic ring is 1. The molecule has 0 bridgehead atoms. The summed E-state index contributed by atoms with van der Waals surface area (Å²) in [5, 5.41) is 13.8. The number of nitrogens with zero attached hydrogens (tertiary/aromatic N) is 4. The van der Waals surface area contributed by atoms with Crippen LogP contribution in [0.4, 0.5) is 29.1 Å². The minimum atomic E-state index is -1.25. The van der Waals surface area contributed by atoms with E-state index in [0.717, 1.165) is 6.07 Å². The van der Waals surface area contributed by atoms with Gasteiger partial charge in [0.15, 0.2) is 0 Å². The highest BCUT2D eigenvalue weighted by molar-refractivity contribution is 6.02. The van der Waals surface area contributed by atoms with Crippen molar-refractivity contribution in [2.75, 3.05) is 11.1 Å². The summed E-state index contributed by atoms with van der Waals surface area (Å²) < 4.78 is 59.3. The van der Waals surface area contributed by atoms with Gasteiger partial charge in [-0.25, -0.2) is 32.3 Å². The van der Waals surface area contributed by atoms with Crippen LogP contribution in [-0.4, -0.2) is 36.6 Å². The number of anilines is 2. The van der Waals surface area contributed by atoms with Crippen LogP contribution in [0.5, 0.6) is 0 Å². The van der Waals surface area contributed by atoms with Crippen molar-refractivity contribution in [2.24, 2.45) is 0 Å². The topological polar surface area (TPSA) is 119 Å². The zero-order valence-corrected chi connectivity index (χ0v) is 22.7. The van der Waals surface area contributed by atoms with Crippen LogP contribution >= 0.6 is 0 Å². The Kier molecular flexibility index (Phi) is 6.42. The molecule has 1 aliphatic carbocycles. The lowest BCUT2D eigenvalue weighted by Crippen LogP contribution is -2.13. The number of aromatic nitrogens is 4. The summed E-state index contributed by atoms with van der Waals surface area (Å²) >= 11 is 0. The molecule has 2 atom stereocenters. The van der Waals surface area contributed by atoms with Crippen molar-refractivity contribution in [2.45, 2.75) is 24.9 Å². The molecule has 1 aliphatic rings. The smallest absolute Gasteiger partial charge is 0.337 e. The van der Waals surface area contributed by atoms with Gasteiger partial charge in [-0.3, -0.25) is 4.98 Å². The number of halogens is 4. The van der Waals surface area contributed by atoms with Crippen molar-refractivity contribution in [3.8, 4) is 11.1 Å². The summed E-state index contributed by atoms with van der Waals surface area (Å²) in [6.07, 6.45) is 5.27. The Balaban J connectivity index is 1.24. The van der Waals surface area contributed by atoms with E-state index in [4.69, 9.17) is 5.73 Å². The second-order valence-electron chi connectivity index (χ2n) is 10.7. The molecule has 0 spiro atoms. The largest absolute Gasteiger partial charge is 0.478 e. The van der Waals surface area contributed by atoms with Crippen molar-refractivity contribution >= 4 is 39.3 Å². The first-order valence-electron chi connectivity index (χ1n) is 13.6. The predicted molar refractivity (Wildman–Crippen MR) is 156 cm³/mol. The quantitative estimate of drug-likeness (QED) is 0.180. The van der Waals surface area contributed by atoms with E-state index in [1.807, 2.05) is 4.57 Å². The number of para-hydroxylation sites is 1. The Morgan fingerprint density at radius 3 is 2.57 bits per heavy atom. The first kappa shape index (κ1) is 27.3. The van der Waals surface area contributed by atoms with Gasteiger partial charge in [-0.2, -0.15) is 0 Å². The second-order valence-corrected chi connectivity index (χ2v) is 10.7.